The van der Waals surface area contributed by atoms with Gasteiger partial charge in [0.1, 0.15) is 0 Å². The highest BCUT2D eigenvalue weighted by atomic mass is 15.3. The third kappa shape index (κ3) is 0.361. The van der Waals surface area contributed by atoms with Crippen LogP contribution in [0.25, 0.3) is 0 Å². The van der Waals surface area contributed by atoms with Crippen LogP contribution in [0, 0.1) is 0 Å². The van der Waals surface area contributed by atoms with Crippen LogP contribution >= 0.6 is 0 Å². The SMILES string of the molecule is CC1C=CC2C[N@]12. The van der Waals surface area contributed by atoms with Gasteiger partial charge >= 0.3 is 0 Å². The van der Waals surface area contributed by atoms with E-state index < -0.39 is 0 Å². The Labute approximate surface area is 43.6 Å². The highest BCUT2D eigenvalue weighted by Crippen LogP contribution is 2.28. The van der Waals surface area contributed by atoms with E-state index >= 15 is 0 Å². The van der Waals surface area contributed by atoms with E-state index in [1.807, 2.05) is 0 Å². The fraction of sp³-hybridized carbons (Fsp3) is 0.667. The molecule has 1 nitrogen and oxygen atoms in total. The maximum Gasteiger partial charge on any atom is 0.0413 e. The summed E-state index contributed by atoms with van der Waals surface area (Å²) in [6.45, 7) is 3.56. The molecule has 3 atom stereocenters. The molecule has 2 aliphatic heterocycles. The summed E-state index contributed by atoms with van der Waals surface area (Å²) in [7, 11) is 0. The third-order valence-electron chi connectivity index (χ3n) is 1.83. The lowest BCUT2D eigenvalue weighted by Crippen LogP contribution is -2.06. The van der Waals surface area contributed by atoms with Crippen LogP contribution in [0.1, 0.15) is 6.92 Å². The van der Waals surface area contributed by atoms with Crippen molar-refractivity contribution in [1.29, 1.82) is 0 Å². The molecule has 0 amide bonds. The van der Waals surface area contributed by atoms with Gasteiger partial charge in [-0.15, -0.1) is 0 Å². The van der Waals surface area contributed by atoms with Gasteiger partial charge in [-0.3, -0.25) is 4.90 Å². The molecule has 0 radical (unpaired) electrons. The Morgan fingerprint density at radius 2 is 2.43 bits per heavy atom. The van der Waals surface area contributed by atoms with Crippen LogP contribution in [0.5, 0.6) is 0 Å². The van der Waals surface area contributed by atoms with Gasteiger partial charge in [0.05, 0.1) is 0 Å². The molecule has 1 saturated heterocycles. The van der Waals surface area contributed by atoms with E-state index in [9.17, 15) is 0 Å². The second-order valence-corrected chi connectivity index (χ2v) is 2.39. The number of hydrogen-bond donors (Lipinski definition) is 0. The quantitative estimate of drug-likeness (QED) is 0.315. The largest absolute Gasteiger partial charge is 0.288 e. The Kier molecular flexibility index (Phi) is 0.482. The van der Waals surface area contributed by atoms with Crippen molar-refractivity contribution in [3.63, 3.8) is 0 Å². The molecular weight excluding hydrogens is 86.1 g/mol. The summed E-state index contributed by atoms with van der Waals surface area (Å²) >= 11 is 0. The Hall–Kier alpha value is -0.300. The lowest BCUT2D eigenvalue weighted by molar-refractivity contribution is 0.500. The van der Waals surface area contributed by atoms with E-state index in [0.717, 1.165) is 12.1 Å². The fourth-order valence-electron chi connectivity index (χ4n) is 1.21. The normalized spacial score (nSPS) is 54.7. The van der Waals surface area contributed by atoms with Crippen molar-refractivity contribution in [2.24, 2.45) is 0 Å². The molecule has 2 unspecified atom stereocenters. The van der Waals surface area contributed by atoms with Crippen LogP contribution in [0.2, 0.25) is 0 Å². The minimum absolute atomic E-state index is 0.741. The van der Waals surface area contributed by atoms with Gasteiger partial charge in [-0.1, -0.05) is 12.2 Å². The van der Waals surface area contributed by atoms with Gasteiger partial charge in [0.15, 0.2) is 0 Å². The number of rotatable bonds is 0. The standard InChI is InChI=1S/C6H9N/c1-5-2-3-6-4-7(5)6/h2-3,5-6H,4H2,1H3/t5?,6?,7-/m1/s1. The van der Waals surface area contributed by atoms with Gasteiger partial charge in [-0.05, 0) is 6.92 Å². The Balaban J connectivity index is 2.22. The van der Waals surface area contributed by atoms with E-state index in [1.165, 1.54) is 6.54 Å². The summed E-state index contributed by atoms with van der Waals surface area (Å²) in [4.78, 5) is 2.46. The van der Waals surface area contributed by atoms with Gasteiger partial charge in [0.2, 0.25) is 0 Å². The summed E-state index contributed by atoms with van der Waals surface area (Å²) < 4.78 is 0. The van der Waals surface area contributed by atoms with Gasteiger partial charge in [0, 0.05) is 18.6 Å². The number of nitrogens with zero attached hydrogens (tertiary/aromatic N) is 1. The van der Waals surface area contributed by atoms with Gasteiger partial charge in [-0.25, -0.2) is 0 Å². The van der Waals surface area contributed by atoms with Crippen LogP contribution in [0.4, 0.5) is 0 Å². The van der Waals surface area contributed by atoms with Crippen molar-refractivity contribution in [3.05, 3.63) is 12.2 Å². The molecule has 0 aromatic carbocycles. The minimum atomic E-state index is 0.741. The molecule has 0 saturated carbocycles. The average Bonchev–Trinajstić information content (AvgIpc) is 2.33. The minimum Gasteiger partial charge on any atom is -0.288 e. The molecular formula is C6H9N. The average molecular weight is 95.1 g/mol. The van der Waals surface area contributed by atoms with Crippen LogP contribution in [-0.2, 0) is 0 Å². The lowest BCUT2D eigenvalue weighted by Gasteiger charge is -1.98. The molecule has 38 valence electrons. The Bertz CT molecular complexity index is 117. The molecule has 1 fully saturated rings. The molecule has 7 heavy (non-hydrogen) atoms. The van der Waals surface area contributed by atoms with Crippen molar-refractivity contribution in [2.45, 2.75) is 19.0 Å². The predicted octanol–water partition coefficient (Wildman–Crippen LogP) is 0.629. The van der Waals surface area contributed by atoms with Crippen LogP contribution in [0.3, 0.4) is 0 Å². The molecule has 0 aromatic rings. The zero-order valence-electron chi connectivity index (χ0n) is 4.46. The summed E-state index contributed by atoms with van der Waals surface area (Å²) in [5, 5.41) is 0. The Morgan fingerprint density at radius 3 is 2.57 bits per heavy atom. The van der Waals surface area contributed by atoms with E-state index in [2.05, 4.69) is 24.0 Å². The van der Waals surface area contributed by atoms with Crippen molar-refractivity contribution in [1.82, 2.24) is 4.90 Å². The lowest BCUT2D eigenvalue weighted by atomic mass is 10.3. The van der Waals surface area contributed by atoms with E-state index in [0.29, 0.717) is 0 Å². The van der Waals surface area contributed by atoms with E-state index in [4.69, 9.17) is 0 Å². The zero-order valence-corrected chi connectivity index (χ0v) is 4.46. The smallest absolute Gasteiger partial charge is 0.0413 e. The zero-order chi connectivity index (χ0) is 4.85. The summed E-state index contributed by atoms with van der Waals surface area (Å²) in [6, 6.07) is 1.58. The van der Waals surface area contributed by atoms with Crippen molar-refractivity contribution in [3.8, 4) is 0 Å². The molecule has 2 heterocycles. The molecule has 2 aliphatic rings. The van der Waals surface area contributed by atoms with Crippen molar-refractivity contribution >= 4 is 0 Å². The monoisotopic (exact) mass is 95.1 g/mol. The Morgan fingerprint density at radius 1 is 1.57 bits per heavy atom. The maximum atomic E-state index is 2.46. The van der Waals surface area contributed by atoms with Crippen LogP contribution in [-0.4, -0.2) is 23.5 Å². The first-order chi connectivity index (χ1) is 3.38. The highest BCUT2D eigenvalue weighted by Gasteiger charge is 2.38. The summed E-state index contributed by atoms with van der Waals surface area (Å²) in [5.74, 6) is 0. The predicted molar refractivity (Wildman–Crippen MR) is 29.1 cm³/mol. The maximum absolute atomic E-state index is 2.46. The van der Waals surface area contributed by atoms with E-state index in [-0.39, 0.29) is 0 Å². The summed E-state index contributed by atoms with van der Waals surface area (Å²) in [6.07, 6.45) is 4.57. The van der Waals surface area contributed by atoms with Crippen molar-refractivity contribution in [2.75, 3.05) is 6.54 Å². The molecule has 0 N–H and O–H groups in total. The van der Waals surface area contributed by atoms with Crippen molar-refractivity contribution < 1.29 is 0 Å². The molecule has 0 bridgehead atoms. The van der Waals surface area contributed by atoms with Crippen LogP contribution in [0.15, 0.2) is 12.2 Å². The molecule has 2 rings (SSSR count). The molecule has 0 aliphatic carbocycles. The van der Waals surface area contributed by atoms with Gasteiger partial charge in [-0.2, -0.15) is 0 Å². The fourth-order valence-corrected chi connectivity index (χ4v) is 1.21. The first kappa shape index (κ1) is 3.67. The van der Waals surface area contributed by atoms with Gasteiger partial charge < -0.3 is 0 Å². The van der Waals surface area contributed by atoms with Crippen LogP contribution < -0.4 is 0 Å². The topological polar surface area (TPSA) is 3.01 Å². The van der Waals surface area contributed by atoms with E-state index in [1.54, 1.807) is 0 Å². The number of fused-ring (bicyclic) bond motifs is 1. The first-order valence-corrected chi connectivity index (χ1v) is 2.82. The molecule has 1 heteroatoms. The molecule has 0 aromatic heterocycles. The third-order valence-corrected chi connectivity index (χ3v) is 1.83. The second kappa shape index (κ2) is 0.920. The van der Waals surface area contributed by atoms with Gasteiger partial charge in [0.25, 0.3) is 0 Å². The summed E-state index contributed by atoms with van der Waals surface area (Å²) in [5.41, 5.74) is 0. The number of hydrogen-bond acceptors (Lipinski definition) is 1. The highest BCUT2D eigenvalue weighted by molar-refractivity contribution is 5.18. The molecule has 0 spiro atoms. The second-order valence-electron chi connectivity index (χ2n) is 2.39. The first-order valence-electron chi connectivity index (χ1n) is 2.82.